The maximum Gasteiger partial charge on any atom is 0.472 e. The minimum absolute atomic E-state index is 0.162. The Kier molecular flexibility index (Phi) is 33.5. The summed E-state index contributed by atoms with van der Waals surface area (Å²) in [5.41, 5.74) is 5.26. The average Bonchev–Trinajstić information content (AvgIpc) is 3.09. The summed E-state index contributed by atoms with van der Waals surface area (Å²) in [5.74, 6) is -2.63. The maximum atomic E-state index is 12.6. The zero-order chi connectivity index (χ0) is 37.1. The van der Waals surface area contributed by atoms with Crippen molar-refractivity contribution in [1.29, 1.82) is 0 Å². The Morgan fingerprint density at radius 3 is 1.28 bits per heavy atom. The molecule has 50 heavy (non-hydrogen) atoms. The molecule has 0 fully saturated rings. The van der Waals surface area contributed by atoms with Crippen LogP contribution in [0.25, 0.3) is 0 Å². The Bertz CT molecular complexity index is 875. The molecule has 11 nitrogen and oxygen atoms in total. The van der Waals surface area contributed by atoms with Crippen molar-refractivity contribution in [1.82, 2.24) is 0 Å². The lowest BCUT2D eigenvalue weighted by Gasteiger charge is -2.21. The topological polar surface area (TPSA) is 175 Å². The second-order valence-electron chi connectivity index (χ2n) is 13.8. The molecule has 296 valence electrons. The van der Waals surface area contributed by atoms with Gasteiger partial charge in [-0.25, -0.2) is 4.57 Å². The SMILES string of the molecule is CCCCCCCCCCCCCCCC(=O)OC[C@@H](COP(=O)(O)OC[C@H](N)C(=O)[O-])OC(=O)CCCCCCCCCCCCCCC. The number of hydrogen-bond donors (Lipinski definition) is 2. The van der Waals surface area contributed by atoms with Gasteiger partial charge in [0.25, 0.3) is 0 Å². The fourth-order valence-electron chi connectivity index (χ4n) is 5.65. The third kappa shape index (κ3) is 33.6. The standard InChI is InChI=1S/C38H74NO10P/c1-3-5-7-9-11-13-15-17-19-21-23-25-27-29-36(40)46-31-34(32-47-50(44,45)48-33-35(39)38(42)43)49-37(41)30-28-26-24-22-20-18-16-14-12-10-8-6-4-2/h34-35H,3-33,39H2,1-2H3,(H,42,43)(H,44,45)/p-1/t34-,35-/m0/s1. The van der Waals surface area contributed by atoms with Crippen LogP contribution in [0.15, 0.2) is 0 Å². The quantitative estimate of drug-likeness (QED) is 0.0353. The van der Waals surface area contributed by atoms with E-state index >= 15 is 0 Å². The van der Waals surface area contributed by atoms with E-state index in [1.165, 1.54) is 116 Å². The van der Waals surface area contributed by atoms with Crippen LogP contribution in [0.3, 0.4) is 0 Å². The summed E-state index contributed by atoms with van der Waals surface area (Å²) in [4.78, 5) is 45.6. The number of phosphoric acid groups is 1. The van der Waals surface area contributed by atoms with Gasteiger partial charge < -0.3 is 30.0 Å². The fourth-order valence-corrected chi connectivity index (χ4v) is 6.43. The van der Waals surface area contributed by atoms with E-state index in [2.05, 4.69) is 18.4 Å². The molecule has 0 aromatic rings. The number of phosphoric ester groups is 1. The molecule has 1 unspecified atom stereocenters. The van der Waals surface area contributed by atoms with Crippen LogP contribution in [0.2, 0.25) is 0 Å². The summed E-state index contributed by atoms with van der Waals surface area (Å²) in [7, 11) is -4.73. The molecule has 0 aliphatic carbocycles. The first-order valence-corrected chi connectivity index (χ1v) is 21.5. The highest BCUT2D eigenvalue weighted by Crippen LogP contribution is 2.43. The van der Waals surface area contributed by atoms with Crippen molar-refractivity contribution in [2.75, 3.05) is 19.8 Å². The molecule has 0 aromatic heterocycles. The number of hydrogen-bond acceptors (Lipinski definition) is 10. The van der Waals surface area contributed by atoms with Gasteiger partial charge in [-0.1, -0.05) is 168 Å². The molecule has 0 spiro atoms. The molecular formula is C38H73NO10P-. The van der Waals surface area contributed by atoms with E-state index in [0.29, 0.717) is 12.8 Å². The minimum Gasteiger partial charge on any atom is -0.548 e. The molecule has 0 aliphatic rings. The minimum atomic E-state index is -4.73. The van der Waals surface area contributed by atoms with Crippen molar-refractivity contribution in [3.05, 3.63) is 0 Å². The second kappa shape index (κ2) is 34.6. The van der Waals surface area contributed by atoms with Gasteiger partial charge >= 0.3 is 19.8 Å². The third-order valence-corrected chi connectivity index (χ3v) is 9.79. The fraction of sp³-hybridized carbons (Fsp3) is 0.921. The molecule has 0 radical (unpaired) electrons. The van der Waals surface area contributed by atoms with E-state index < -0.39 is 51.1 Å². The van der Waals surface area contributed by atoms with Crippen LogP contribution >= 0.6 is 7.82 Å². The van der Waals surface area contributed by atoms with Gasteiger partial charge in [0.15, 0.2) is 6.10 Å². The number of carboxylic acid groups (broad SMARTS) is 1. The van der Waals surface area contributed by atoms with Crippen LogP contribution in [-0.4, -0.2) is 54.8 Å². The molecular weight excluding hydrogens is 661 g/mol. The van der Waals surface area contributed by atoms with Crippen LogP contribution in [-0.2, 0) is 37.5 Å². The summed E-state index contributed by atoms with van der Waals surface area (Å²) in [6.45, 7) is 2.71. The van der Waals surface area contributed by atoms with Crippen molar-refractivity contribution < 1.29 is 47.5 Å². The second-order valence-corrected chi connectivity index (χ2v) is 15.2. The number of nitrogens with two attached hydrogens (primary N) is 1. The van der Waals surface area contributed by atoms with Crippen LogP contribution in [0.5, 0.6) is 0 Å². The molecule has 0 amide bonds. The van der Waals surface area contributed by atoms with Crippen LogP contribution in [0.4, 0.5) is 0 Å². The van der Waals surface area contributed by atoms with Gasteiger partial charge in [-0.3, -0.25) is 18.6 Å². The van der Waals surface area contributed by atoms with Gasteiger partial charge in [0.1, 0.15) is 6.61 Å². The predicted molar refractivity (Wildman–Crippen MR) is 196 cm³/mol. The first-order valence-electron chi connectivity index (χ1n) is 20.0. The first kappa shape index (κ1) is 48.5. The number of esters is 2. The summed E-state index contributed by atoms with van der Waals surface area (Å²) >= 11 is 0. The molecule has 0 heterocycles. The smallest absolute Gasteiger partial charge is 0.472 e. The summed E-state index contributed by atoms with van der Waals surface area (Å²) in [6, 6.07) is -1.63. The number of carboxylic acids is 1. The van der Waals surface area contributed by atoms with Gasteiger partial charge in [-0.2, -0.15) is 0 Å². The predicted octanol–water partition coefficient (Wildman–Crippen LogP) is 8.61. The van der Waals surface area contributed by atoms with Gasteiger partial charge in [0.2, 0.25) is 0 Å². The van der Waals surface area contributed by atoms with Crippen LogP contribution in [0, 0.1) is 0 Å². The Labute approximate surface area is 304 Å². The molecule has 0 saturated heterocycles. The van der Waals surface area contributed by atoms with Gasteiger partial charge in [0, 0.05) is 12.8 Å². The number of carbonyl (C=O) groups is 3. The Hall–Kier alpha value is -1.52. The lowest BCUT2D eigenvalue weighted by Crippen LogP contribution is -2.44. The largest absolute Gasteiger partial charge is 0.548 e. The van der Waals surface area contributed by atoms with E-state index in [0.717, 1.165) is 38.5 Å². The van der Waals surface area contributed by atoms with Crippen LogP contribution in [0.1, 0.15) is 194 Å². The van der Waals surface area contributed by atoms with Crippen molar-refractivity contribution in [3.8, 4) is 0 Å². The Morgan fingerprint density at radius 2 is 0.900 bits per heavy atom. The zero-order valence-electron chi connectivity index (χ0n) is 31.7. The molecule has 0 aliphatic heterocycles. The normalized spacial score (nSPS) is 13.8. The average molecular weight is 735 g/mol. The van der Waals surface area contributed by atoms with Gasteiger partial charge in [-0.15, -0.1) is 0 Å². The van der Waals surface area contributed by atoms with Gasteiger partial charge in [0.05, 0.1) is 25.2 Å². The molecule has 0 saturated carbocycles. The Morgan fingerprint density at radius 1 is 0.560 bits per heavy atom. The third-order valence-electron chi connectivity index (χ3n) is 8.84. The van der Waals surface area contributed by atoms with Crippen molar-refractivity contribution in [2.45, 2.75) is 206 Å². The van der Waals surface area contributed by atoms with E-state index in [4.69, 9.17) is 19.7 Å². The summed E-state index contributed by atoms with van der Waals surface area (Å²) in [6.07, 6.45) is 30.1. The van der Waals surface area contributed by atoms with E-state index in [9.17, 15) is 28.9 Å². The molecule has 0 aromatic carbocycles. The molecule has 3 N–H and O–H groups in total. The van der Waals surface area contributed by atoms with Crippen molar-refractivity contribution in [3.63, 3.8) is 0 Å². The van der Waals surface area contributed by atoms with E-state index in [-0.39, 0.29) is 19.4 Å². The van der Waals surface area contributed by atoms with Crippen molar-refractivity contribution in [2.24, 2.45) is 5.73 Å². The Balaban J connectivity index is 4.38. The zero-order valence-corrected chi connectivity index (χ0v) is 32.6. The number of aliphatic carboxylic acids is 1. The van der Waals surface area contributed by atoms with Crippen molar-refractivity contribution >= 4 is 25.7 Å². The van der Waals surface area contributed by atoms with E-state index in [1.54, 1.807) is 0 Å². The molecule has 12 heteroatoms. The summed E-state index contributed by atoms with van der Waals surface area (Å²) < 4.78 is 32.5. The van der Waals surface area contributed by atoms with Gasteiger partial charge in [-0.05, 0) is 12.8 Å². The number of carbonyl (C=O) groups excluding carboxylic acids is 3. The van der Waals surface area contributed by atoms with E-state index in [1.807, 2.05) is 0 Å². The number of unbranched alkanes of at least 4 members (excludes halogenated alkanes) is 24. The number of rotatable bonds is 38. The van der Waals surface area contributed by atoms with Crippen LogP contribution < -0.4 is 10.8 Å². The highest BCUT2D eigenvalue weighted by atomic mass is 31.2. The lowest BCUT2D eigenvalue weighted by molar-refractivity contribution is -0.308. The maximum absolute atomic E-state index is 12.6. The summed E-state index contributed by atoms with van der Waals surface area (Å²) in [5, 5.41) is 10.8. The molecule has 0 rings (SSSR count). The lowest BCUT2D eigenvalue weighted by atomic mass is 10.0. The molecule has 0 bridgehead atoms. The molecule has 3 atom stereocenters. The first-order chi connectivity index (χ1) is 24.1. The monoisotopic (exact) mass is 734 g/mol. The number of ether oxygens (including phenoxy) is 2. The highest BCUT2D eigenvalue weighted by molar-refractivity contribution is 7.47. The highest BCUT2D eigenvalue weighted by Gasteiger charge is 2.27.